The van der Waals surface area contributed by atoms with E-state index in [0.717, 1.165) is 38.3 Å². The fraction of sp³-hybridized carbons (Fsp3) is 0.929. The van der Waals surface area contributed by atoms with Crippen LogP contribution in [0.3, 0.4) is 0 Å². The van der Waals surface area contributed by atoms with Gasteiger partial charge in [0.1, 0.15) is 6.10 Å². The van der Waals surface area contributed by atoms with E-state index >= 15 is 0 Å². The van der Waals surface area contributed by atoms with Gasteiger partial charge in [-0.1, -0.05) is 6.42 Å². The van der Waals surface area contributed by atoms with Gasteiger partial charge in [0.2, 0.25) is 0 Å². The first-order valence-electron chi connectivity index (χ1n) is 7.25. The fourth-order valence-electron chi connectivity index (χ4n) is 2.92. The van der Waals surface area contributed by atoms with Gasteiger partial charge >= 0.3 is 5.97 Å². The molecule has 98 valence electrons. The molecule has 1 heterocycles. The standard InChI is InChI=1S/C14H25NO2/c16-14(17-13-4-2-1-3-5-13)7-6-12-8-10-15-11-9-12/h12-13,15H,1-11H2. The van der Waals surface area contributed by atoms with Gasteiger partial charge in [-0.25, -0.2) is 0 Å². The number of hydrogen-bond donors (Lipinski definition) is 1. The Morgan fingerprint density at radius 3 is 2.47 bits per heavy atom. The van der Waals surface area contributed by atoms with E-state index in [1.165, 1.54) is 32.1 Å². The van der Waals surface area contributed by atoms with Gasteiger partial charge in [-0.15, -0.1) is 0 Å². The lowest BCUT2D eigenvalue weighted by Crippen LogP contribution is -2.28. The van der Waals surface area contributed by atoms with Crippen molar-refractivity contribution in [3.8, 4) is 0 Å². The van der Waals surface area contributed by atoms with Crippen LogP contribution < -0.4 is 5.32 Å². The summed E-state index contributed by atoms with van der Waals surface area (Å²) in [4.78, 5) is 11.7. The predicted molar refractivity (Wildman–Crippen MR) is 67.8 cm³/mol. The van der Waals surface area contributed by atoms with Crippen LogP contribution in [0.25, 0.3) is 0 Å². The molecule has 1 N–H and O–H groups in total. The second kappa shape index (κ2) is 7.00. The zero-order valence-corrected chi connectivity index (χ0v) is 10.7. The maximum atomic E-state index is 11.7. The highest BCUT2D eigenvalue weighted by Gasteiger charge is 2.19. The SMILES string of the molecule is O=C(CCC1CCNCC1)OC1CCCCC1. The smallest absolute Gasteiger partial charge is 0.306 e. The average Bonchev–Trinajstić information content (AvgIpc) is 2.39. The van der Waals surface area contributed by atoms with Gasteiger partial charge in [0.15, 0.2) is 0 Å². The molecule has 1 saturated heterocycles. The Kier molecular flexibility index (Phi) is 5.30. The molecular formula is C14H25NO2. The van der Waals surface area contributed by atoms with Gasteiger partial charge in [-0.2, -0.15) is 0 Å². The van der Waals surface area contributed by atoms with Gasteiger partial charge in [0.25, 0.3) is 0 Å². The molecule has 2 aliphatic rings. The van der Waals surface area contributed by atoms with Crippen molar-refractivity contribution in [2.75, 3.05) is 13.1 Å². The molecule has 0 radical (unpaired) electrons. The van der Waals surface area contributed by atoms with Crippen LogP contribution in [0.4, 0.5) is 0 Å². The molecule has 17 heavy (non-hydrogen) atoms. The topological polar surface area (TPSA) is 38.3 Å². The van der Waals surface area contributed by atoms with Gasteiger partial charge in [-0.05, 0) is 64.0 Å². The Balaban J connectivity index is 1.59. The summed E-state index contributed by atoms with van der Waals surface area (Å²) in [5.74, 6) is 0.769. The Hall–Kier alpha value is -0.570. The highest BCUT2D eigenvalue weighted by Crippen LogP contribution is 2.22. The largest absolute Gasteiger partial charge is 0.462 e. The van der Waals surface area contributed by atoms with Gasteiger partial charge < -0.3 is 10.1 Å². The zero-order chi connectivity index (χ0) is 11.9. The van der Waals surface area contributed by atoms with Crippen molar-refractivity contribution in [2.24, 2.45) is 5.92 Å². The normalized spacial score (nSPS) is 23.5. The lowest BCUT2D eigenvalue weighted by Gasteiger charge is -2.24. The number of piperidine rings is 1. The van der Waals surface area contributed by atoms with Crippen LogP contribution in [0.2, 0.25) is 0 Å². The summed E-state index contributed by atoms with van der Waals surface area (Å²) in [7, 11) is 0. The van der Waals surface area contributed by atoms with E-state index in [1.54, 1.807) is 0 Å². The molecule has 0 aromatic carbocycles. The number of nitrogens with one attached hydrogen (secondary N) is 1. The van der Waals surface area contributed by atoms with Crippen molar-refractivity contribution in [3.05, 3.63) is 0 Å². The Morgan fingerprint density at radius 1 is 1.06 bits per heavy atom. The summed E-state index contributed by atoms with van der Waals surface area (Å²) in [6, 6.07) is 0. The Labute approximate surface area is 104 Å². The average molecular weight is 239 g/mol. The van der Waals surface area contributed by atoms with E-state index in [4.69, 9.17) is 4.74 Å². The first-order chi connectivity index (χ1) is 8.34. The first-order valence-corrected chi connectivity index (χ1v) is 7.25. The zero-order valence-electron chi connectivity index (χ0n) is 10.7. The van der Waals surface area contributed by atoms with Crippen molar-refractivity contribution in [3.63, 3.8) is 0 Å². The molecule has 0 aromatic heterocycles. The third kappa shape index (κ3) is 4.66. The lowest BCUT2D eigenvalue weighted by molar-refractivity contribution is -0.150. The highest BCUT2D eigenvalue weighted by molar-refractivity contribution is 5.69. The number of carbonyl (C=O) groups is 1. The molecule has 3 heteroatoms. The van der Waals surface area contributed by atoms with E-state index in [9.17, 15) is 4.79 Å². The predicted octanol–water partition coefficient (Wildman–Crippen LogP) is 2.64. The highest BCUT2D eigenvalue weighted by atomic mass is 16.5. The minimum absolute atomic E-state index is 0.0374. The third-order valence-corrected chi connectivity index (χ3v) is 4.07. The van der Waals surface area contributed by atoms with E-state index in [-0.39, 0.29) is 12.1 Å². The van der Waals surface area contributed by atoms with Crippen LogP contribution in [0.15, 0.2) is 0 Å². The van der Waals surface area contributed by atoms with Crippen LogP contribution in [-0.2, 0) is 9.53 Å². The Bertz CT molecular complexity index is 230. The summed E-state index contributed by atoms with van der Waals surface area (Å²) in [6.45, 7) is 2.23. The van der Waals surface area contributed by atoms with E-state index in [0.29, 0.717) is 6.42 Å². The number of esters is 1. The molecule has 0 amide bonds. The maximum absolute atomic E-state index is 11.7. The molecule has 0 bridgehead atoms. The summed E-state index contributed by atoms with van der Waals surface area (Å²) in [6.07, 6.45) is 10.2. The molecule has 3 nitrogen and oxygen atoms in total. The molecular weight excluding hydrogens is 214 g/mol. The van der Waals surface area contributed by atoms with Crippen LogP contribution in [0.1, 0.15) is 57.8 Å². The Morgan fingerprint density at radius 2 is 1.76 bits per heavy atom. The maximum Gasteiger partial charge on any atom is 0.306 e. The second-order valence-corrected chi connectivity index (χ2v) is 5.48. The number of ether oxygens (including phenoxy) is 1. The van der Waals surface area contributed by atoms with Crippen LogP contribution >= 0.6 is 0 Å². The fourth-order valence-corrected chi connectivity index (χ4v) is 2.92. The van der Waals surface area contributed by atoms with Crippen molar-refractivity contribution < 1.29 is 9.53 Å². The van der Waals surface area contributed by atoms with Gasteiger partial charge in [0, 0.05) is 6.42 Å². The monoisotopic (exact) mass is 239 g/mol. The van der Waals surface area contributed by atoms with Gasteiger partial charge in [-0.3, -0.25) is 4.79 Å². The molecule has 1 aliphatic carbocycles. The summed E-state index contributed by atoms with van der Waals surface area (Å²) >= 11 is 0. The molecule has 2 rings (SSSR count). The van der Waals surface area contributed by atoms with Crippen molar-refractivity contribution in [1.82, 2.24) is 5.32 Å². The van der Waals surface area contributed by atoms with Crippen LogP contribution in [0, 0.1) is 5.92 Å². The van der Waals surface area contributed by atoms with Crippen LogP contribution in [0.5, 0.6) is 0 Å². The van der Waals surface area contributed by atoms with E-state index < -0.39 is 0 Å². The molecule has 2 fully saturated rings. The molecule has 0 atom stereocenters. The van der Waals surface area contributed by atoms with E-state index in [2.05, 4.69) is 5.32 Å². The lowest BCUT2D eigenvalue weighted by atomic mass is 9.93. The molecule has 0 unspecified atom stereocenters. The molecule has 1 saturated carbocycles. The third-order valence-electron chi connectivity index (χ3n) is 4.07. The quantitative estimate of drug-likeness (QED) is 0.766. The molecule has 0 spiro atoms. The van der Waals surface area contributed by atoms with Crippen molar-refractivity contribution in [1.29, 1.82) is 0 Å². The number of carbonyl (C=O) groups excluding carboxylic acids is 1. The second-order valence-electron chi connectivity index (χ2n) is 5.48. The molecule has 0 aromatic rings. The summed E-state index contributed by atoms with van der Waals surface area (Å²) in [5.41, 5.74) is 0. The minimum atomic E-state index is 0.0374. The summed E-state index contributed by atoms with van der Waals surface area (Å²) in [5, 5.41) is 3.35. The minimum Gasteiger partial charge on any atom is -0.462 e. The van der Waals surface area contributed by atoms with Gasteiger partial charge in [0.05, 0.1) is 0 Å². The van der Waals surface area contributed by atoms with Crippen LogP contribution in [-0.4, -0.2) is 25.2 Å². The first kappa shape index (κ1) is 12.9. The number of rotatable bonds is 4. The summed E-state index contributed by atoms with van der Waals surface area (Å²) < 4.78 is 5.53. The van der Waals surface area contributed by atoms with Crippen molar-refractivity contribution >= 4 is 5.97 Å². The van der Waals surface area contributed by atoms with Crippen molar-refractivity contribution in [2.45, 2.75) is 63.9 Å². The van der Waals surface area contributed by atoms with E-state index in [1.807, 2.05) is 0 Å². The number of hydrogen-bond acceptors (Lipinski definition) is 3. The molecule has 1 aliphatic heterocycles.